The Morgan fingerprint density at radius 2 is 1.87 bits per heavy atom. The number of hydrogen-bond acceptors (Lipinski definition) is 4. The number of nitrogens with zero attached hydrogens (tertiary/aromatic N) is 1. The van der Waals surface area contributed by atoms with E-state index >= 15 is 0 Å². The number of carboxylic acid groups (broad SMARTS) is 1. The van der Waals surface area contributed by atoms with Crippen LogP contribution in [-0.4, -0.2) is 29.1 Å². The Hall–Kier alpha value is -3.38. The fourth-order valence-electron chi connectivity index (χ4n) is 4.54. The van der Waals surface area contributed by atoms with E-state index in [0.29, 0.717) is 35.9 Å². The molecule has 1 unspecified atom stereocenters. The number of ether oxygens (including phenoxy) is 1. The summed E-state index contributed by atoms with van der Waals surface area (Å²) in [7, 11) is 1.53. The van der Waals surface area contributed by atoms with Gasteiger partial charge in [0.15, 0.2) is 0 Å². The zero-order valence-electron chi connectivity index (χ0n) is 22.9. The lowest BCUT2D eigenvalue weighted by Gasteiger charge is -2.28. The normalized spacial score (nSPS) is 12.8. The Morgan fingerprint density at radius 1 is 1.13 bits per heavy atom. The Balaban J connectivity index is 0.00000507. The average Bonchev–Trinajstić information content (AvgIpc) is 2.88. The van der Waals surface area contributed by atoms with Gasteiger partial charge in [-0.1, -0.05) is 56.3 Å². The van der Waals surface area contributed by atoms with Crippen LogP contribution in [0.4, 0.5) is 0 Å². The smallest absolute Gasteiger partial charge is 0.320 e. The van der Waals surface area contributed by atoms with Gasteiger partial charge in [0.05, 0.1) is 18.3 Å². The molecule has 0 spiro atoms. The predicted octanol–water partition coefficient (Wildman–Crippen LogP) is 6.75. The summed E-state index contributed by atoms with van der Waals surface area (Å²) in [5, 5.41) is 14.3. The van der Waals surface area contributed by atoms with Gasteiger partial charge < -0.3 is 15.2 Å². The molecule has 0 aliphatic rings. The largest absolute Gasteiger partial charge is 0.496 e. The molecule has 204 valence electrons. The number of hydrogen-bond donors (Lipinski definition) is 2. The number of rotatable bonds is 12. The van der Waals surface area contributed by atoms with Crippen LogP contribution in [0, 0.1) is 12.8 Å². The summed E-state index contributed by atoms with van der Waals surface area (Å²) >= 11 is 0. The van der Waals surface area contributed by atoms with E-state index in [-0.39, 0.29) is 18.3 Å². The SMILES string of the molecule is COc1cc(CNC(=O)CCCC/C=C/C(C)C)ccc1C(C)(C(=O)O)c1nc2ccccc2cc1C.Cl. The first-order valence-electron chi connectivity index (χ1n) is 12.9. The molecule has 1 amide bonds. The summed E-state index contributed by atoms with van der Waals surface area (Å²) in [4.78, 5) is 29.8. The van der Waals surface area contributed by atoms with Crippen LogP contribution in [0.3, 0.4) is 0 Å². The van der Waals surface area contributed by atoms with E-state index < -0.39 is 11.4 Å². The summed E-state index contributed by atoms with van der Waals surface area (Å²) in [6.07, 6.45) is 7.65. The van der Waals surface area contributed by atoms with Crippen molar-refractivity contribution in [2.75, 3.05) is 7.11 Å². The quantitative estimate of drug-likeness (QED) is 0.196. The van der Waals surface area contributed by atoms with Gasteiger partial charge in [-0.05, 0) is 68.4 Å². The Bertz CT molecular complexity index is 1290. The summed E-state index contributed by atoms with van der Waals surface area (Å²) < 4.78 is 5.65. The second kappa shape index (κ2) is 14.0. The Morgan fingerprint density at radius 3 is 2.55 bits per heavy atom. The number of benzene rings is 2. The van der Waals surface area contributed by atoms with Gasteiger partial charge >= 0.3 is 5.97 Å². The van der Waals surface area contributed by atoms with E-state index in [1.165, 1.54) is 7.11 Å². The highest BCUT2D eigenvalue weighted by atomic mass is 35.5. The van der Waals surface area contributed by atoms with Gasteiger partial charge in [0.1, 0.15) is 11.2 Å². The Kier molecular flexibility index (Phi) is 11.3. The first-order valence-corrected chi connectivity index (χ1v) is 12.9. The zero-order chi connectivity index (χ0) is 27.0. The summed E-state index contributed by atoms with van der Waals surface area (Å²) in [5.74, 6) is -0.0148. The maximum Gasteiger partial charge on any atom is 0.320 e. The van der Waals surface area contributed by atoms with Crippen LogP contribution >= 0.6 is 12.4 Å². The fraction of sp³-hybridized carbons (Fsp3) is 0.387. The van der Waals surface area contributed by atoms with Crippen LogP contribution in [0.15, 0.2) is 60.7 Å². The molecule has 2 aromatic carbocycles. The van der Waals surface area contributed by atoms with Crippen LogP contribution in [0.5, 0.6) is 5.75 Å². The van der Waals surface area contributed by atoms with Crippen molar-refractivity contribution >= 4 is 35.2 Å². The van der Waals surface area contributed by atoms with Crippen LogP contribution in [0.1, 0.15) is 68.8 Å². The minimum Gasteiger partial charge on any atom is -0.496 e. The van der Waals surface area contributed by atoms with Crippen LogP contribution < -0.4 is 10.1 Å². The van der Waals surface area contributed by atoms with Crippen molar-refractivity contribution in [1.29, 1.82) is 0 Å². The lowest BCUT2D eigenvalue weighted by molar-refractivity contribution is -0.141. The van der Waals surface area contributed by atoms with Crippen LogP contribution in [-0.2, 0) is 21.5 Å². The number of halogens is 1. The third kappa shape index (κ3) is 7.35. The second-order valence-electron chi connectivity index (χ2n) is 10.0. The number of amides is 1. The molecule has 0 aliphatic heterocycles. The number of aromatic nitrogens is 1. The van der Waals surface area contributed by atoms with Gasteiger partial charge in [0, 0.05) is 23.9 Å². The number of unbranched alkanes of at least 4 members (excludes halogenated alkanes) is 2. The molecule has 6 nitrogen and oxygen atoms in total. The lowest BCUT2D eigenvalue weighted by atomic mass is 9.76. The van der Waals surface area contributed by atoms with E-state index in [9.17, 15) is 14.7 Å². The first kappa shape index (κ1) is 30.8. The predicted molar refractivity (Wildman–Crippen MR) is 155 cm³/mol. The number of pyridine rings is 1. The maximum absolute atomic E-state index is 12.7. The van der Waals surface area contributed by atoms with Crippen molar-refractivity contribution in [2.45, 2.75) is 65.3 Å². The number of aliphatic carboxylic acids is 1. The van der Waals surface area contributed by atoms with Crippen LogP contribution in [0.2, 0.25) is 0 Å². The lowest BCUT2D eigenvalue weighted by Crippen LogP contribution is -2.36. The number of nitrogens with one attached hydrogen (secondary N) is 1. The standard InChI is InChI=1S/C31H38N2O4.ClH/c1-21(2)12-8-6-7-9-15-28(34)32-20-23-16-17-25(27(19-23)37-5)31(4,30(35)36)29-22(3)18-24-13-10-11-14-26(24)33-29;/h8,10-14,16-19,21H,6-7,9,15,20H2,1-5H3,(H,32,34)(H,35,36);1H/b12-8+;. The molecule has 0 saturated carbocycles. The zero-order valence-corrected chi connectivity index (χ0v) is 23.7. The number of aryl methyl sites for hydroxylation is 1. The molecule has 0 aliphatic carbocycles. The van der Waals surface area contributed by atoms with Crippen LogP contribution in [0.25, 0.3) is 10.9 Å². The van der Waals surface area contributed by atoms with Crippen molar-refractivity contribution in [3.63, 3.8) is 0 Å². The molecule has 1 atom stereocenters. The summed E-state index contributed by atoms with van der Waals surface area (Å²) in [6, 6.07) is 15.0. The number of carboxylic acids is 1. The van der Waals surface area contributed by atoms with E-state index in [1.54, 1.807) is 19.1 Å². The average molecular weight is 539 g/mol. The third-order valence-corrected chi connectivity index (χ3v) is 6.66. The number of carbonyl (C=O) groups is 2. The minimum atomic E-state index is -1.43. The summed E-state index contributed by atoms with van der Waals surface area (Å²) in [6.45, 7) is 8.19. The molecule has 0 fully saturated rings. The Labute approximate surface area is 231 Å². The number of para-hydroxylation sites is 1. The molecule has 7 heteroatoms. The molecule has 1 aromatic heterocycles. The number of methoxy groups -OCH3 is 1. The van der Waals surface area contributed by atoms with Crippen molar-refractivity contribution in [2.24, 2.45) is 5.92 Å². The topological polar surface area (TPSA) is 88.5 Å². The number of fused-ring (bicyclic) bond motifs is 1. The molecule has 38 heavy (non-hydrogen) atoms. The van der Waals surface area contributed by atoms with Gasteiger partial charge in [-0.3, -0.25) is 14.6 Å². The van der Waals surface area contributed by atoms with Crippen molar-refractivity contribution in [3.8, 4) is 5.75 Å². The van der Waals surface area contributed by atoms with E-state index in [2.05, 4.69) is 31.3 Å². The van der Waals surface area contributed by atoms with E-state index in [0.717, 1.165) is 41.3 Å². The van der Waals surface area contributed by atoms with Gasteiger partial charge in [0.25, 0.3) is 0 Å². The van der Waals surface area contributed by atoms with Gasteiger partial charge in [-0.15, -0.1) is 12.4 Å². The monoisotopic (exact) mass is 538 g/mol. The van der Waals surface area contributed by atoms with Crippen molar-refractivity contribution < 1.29 is 19.4 Å². The molecular weight excluding hydrogens is 500 g/mol. The second-order valence-corrected chi connectivity index (χ2v) is 10.0. The molecule has 0 saturated heterocycles. The van der Waals surface area contributed by atoms with Gasteiger partial charge in [-0.25, -0.2) is 0 Å². The molecule has 0 radical (unpaired) electrons. The minimum absolute atomic E-state index is 0. The summed E-state index contributed by atoms with van der Waals surface area (Å²) in [5.41, 5.74) is 1.93. The van der Waals surface area contributed by atoms with Gasteiger partial charge in [-0.2, -0.15) is 0 Å². The van der Waals surface area contributed by atoms with Crippen molar-refractivity contribution in [3.05, 3.63) is 83.1 Å². The molecular formula is C31H39ClN2O4. The molecule has 3 rings (SSSR count). The molecule has 2 N–H and O–H groups in total. The molecule has 0 bridgehead atoms. The van der Waals surface area contributed by atoms with Crippen molar-refractivity contribution in [1.82, 2.24) is 10.3 Å². The number of allylic oxidation sites excluding steroid dienone is 2. The first-order chi connectivity index (χ1) is 17.7. The van der Waals surface area contributed by atoms with E-state index in [1.807, 2.05) is 43.3 Å². The highest BCUT2D eigenvalue weighted by molar-refractivity contribution is 5.88. The highest BCUT2D eigenvalue weighted by Gasteiger charge is 2.42. The fourth-order valence-corrected chi connectivity index (χ4v) is 4.54. The highest BCUT2D eigenvalue weighted by Crippen LogP contribution is 2.39. The third-order valence-electron chi connectivity index (χ3n) is 6.66. The maximum atomic E-state index is 12.7. The molecule has 3 aromatic rings. The number of carbonyl (C=O) groups excluding carboxylic acids is 1. The molecule has 1 heterocycles. The van der Waals surface area contributed by atoms with Gasteiger partial charge in [0.2, 0.25) is 5.91 Å². The van der Waals surface area contributed by atoms with E-state index in [4.69, 9.17) is 9.72 Å².